The van der Waals surface area contributed by atoms with E-state index in [4.69, 9.17) is 0 Å². The monoisotopic (exact) mass is 408 g/mol. The Morgan fingerprint density at radius 2 is 0.900 bits per heavy atom. The van der Waals surface area contributed by atoms with Crippen molar-refractivity contribution in [2.75, 3.05) is 0 Å². The Bertz CT molecular complexity index is 589. The van der Waals surface area contributed by atoms with Crippen molar-refractivity contribution >= 4 is 0 Å². The van der Waals surface area contributed by atoms with Gasteiger partial charge in [0.15, 0.2) is 0 Å². The molecule has 0 aromatic heterocycles. The molecule has 0 heteroatoms. The average Bonchev–Trinajstić information content (AvgIpc) is 2.78. The first-order chi connectivity index (χ1) is 14.7. The summed E-state index contributed by atoms with van der Waals surface area (Å²) in [6, 6.07) is 9.83. The minimum Gasteiger partial charge on any atom is -0.0651 e. The molecule has 0 radical (unpaired) electrons. The van der Waals surface area contributed by atoms with Gasteiger partial charge in [-0.15, -0.1) is 0 Å². The number of hydrogen-bond acceptors (Lipinski definition) is 0. The van der Waals surface area contributed by atoms with Crippen molar-refractivity contribution in [2.45, 2.75) is 117 Å². The van der Waals surface area contributed by atoms with Crippen LogP contribution in [0.25, 0.3) is 0 Å². The third kappa shape index (κ3) is 6.61. The summed E-state index contributed by atoms with van der Waals surface area (Å²) in [5.74, 6) is 6.02. The van der Waals surface area contributed by atoms with Crippen LogP contribution < -0.4 is 0 Å². The minimum absolute atomic E-state index is 0.946. The van der Waals surface area contributed by atoms with Crippen molar-refractivity contribution in [1.29, 1.82) is 0 Å². The van der Waals surface area contributed by atoms with Crippen molar-refractivity contribution in [3.8, 4) is 0 Å². The predicted octanol–water partition coefficient (Wildman–Crippen LogP) is 9.01. The van der Waals surface area contributed by atoms with E-state index in [0.29, 0.717) is 0 Å². The molecule has 3 aliphatic carbocycles. The first-order valence-electron chi connectivity index (χ1n) is 13.8. The summed E-state index contributed by atoms with van der Waals surface area (Å²) < 4.78 is 0. The Labute approximate surface area is 187 Å². The van der Waals surface area contributed by atoms with E-state index < -0.39 is 0 Å². The van der Waals surface area contributed by atoms with Gasteiger partial charge in [-0.25, -0.2) is 0 Å². The van der Waals surface area contributed by atoms with Gasteiger partial charge >= 0.3 is 0 Å². The fraction of sp³-hybridized carbons (Fsp3) is 0.800. The fourth-order valence-electron chi connectivity index (χ4n) is 7.03. The molecule has 3 aliphatic rings. The Morgan fingerprint density at radius 3 is 1.33 bits per heavy atom. The van der Waals surface area contributed by atoms with Gasteiger partial charge in [0.25, 0.3) is 0 Å². The number of benzene rings is 1. The van der Waals surface area contributed by atoms with Crippen molar-refractivity contribution in [2.24, 2.45) is 35.5 Å². The maximum atomic E-state index is 2.46. The summed E-state index contributed by atoms with van der Waals surface area (Å²) in [5, 5.41) is 0. The molecule has 30 heavy (non-hydrogen) atoms. The molecule has 0 atom stereocenters. The Hall–Kier alpha value is -0.780. The molecule has 1 aromatic rings. The SMILES string of the molecule is CCC1CCC(Cc2ccc(CC3CCC(CC4CCC(C)CC4)CC3)cc2)CC1. The van der Waals surface area contributed by atoms with Gasteiger partial charge in [0.05, 0.1) is 0 Å². The topological polar surface area (TPSA) is 0 Å². The van der Waals surface area contributed by atoms with E-state index in [1.54, 1.807) is 17.5 Å². The summed E-state index contributed by atoms with van der Waals surface area (Å²) in [7, 11) is 0. The molecule has 0 bridgehead atoms. The van der Waals surface area contributed by atoms with E-state index in [1.165, 1.54) is 96.3 Å². The molecule has 3 fully saturated rings. The maximum Gasteiger partial charge on any atom is -0.0250 e. The highest BCUT2D eigenvalue weighted by molar-refractivity contribution is 5.23. The normalized spacial score (nSPS) is 35.3. The second kappa shape index (κ2) is 11.2. The molecule has 0 nitrogen and oxygen atoms in total. The van der Waals surface area contributed by atoms with Gasteiger partial charge in [-0.3, -0.25) is 0 Å². The van der Waals surface area contributed by atoms with Crippen molar-refractivity contribution < 1.29 is 0 Å². The molecule has 0 N–H and O–H groups in total. The standard InChI is InChI=1S/C30H48/c1-3-24-8-10-26(11-9-24)21-28-16-18-30(19-17-28)22-29-14-12-27(13-15-29)20-25-6-4-23(2)5-7-25/h16-19,23-27,29H,3-15,20-22H2,1-2H3. The van der Waals surface area contributed by atoms with Crippen molar-refractivity contribution in [1.82, 2.24) is 0 Å². The van der Waals surface area contributed by atoms with Crippen LogP contribution >= 0.6 is 0 Å². The zero-order valence-corrected chi connectivity index (χ0v) is 20.1. The van der Waals surface area contributed by atoms with Crippen LogP contribution in [0, 0.1) is 35.5 Å². The maximum absolute atomic E-state index is 2.46. The van der Waals surface area contributed by atoms with Gasteiger partial charge in [0.2, 0.25) is 0 Å². The van der Waals surface area contributed by atoms with Gasteiger partial charge in [-0.2, -0.15) is 0 Å². The lowest BCUT2D eigenvalue weighted by atomic mass is 9.72. The highest BCUT2D eigenvalue weighted by Crippen LogP contribution is 2.39. The van der Waals surface area contributed by atoms with Crippen LogP contribution in [0.4, 0.5) is 0 Å². The van der Waals surface area contributed by atoms with E-state index in [9.17, 15) is 0 Å². The number of rotatable bonds is 7. The molecule has 0 aliphatic heterocycles. The summed E-state index contributed by atoms with van der Waals surface area (Å²) in [6.45, 7) is 4.82. The Kier molecular flexibility index (Phi) is 8.36. The fourth-order valence-corrected chi connectivity index (χ4v) is 7.03. The predicted molar refractivity (Wildman–Crippen MR) is 131 cm³/mol. The van der Waals surface area contributed by atoms with Crippen molar-refractivity contribution in [3.63, 3.8) is 0 Å². The zero-order chi connectivity index (χ0) is 20.8. The summed E-state index contributed by atoms with van der Waals surface area (Å²) in [6.07, 6.45) is 23.5. The summed E-state index contributed by atoms with van der Waals surface area (Å²) in [5.41, 5.74) is 3.18. The van der Waals surface area contributed by atoms with Gasteiger partial charge in [-0.05, 0) is 91.6 Å². The minimum atomic E-state index is 0.946. The lowest BCUT2D eigenvalue weighted by Gasteiger charge is -2.33. The third-order valence-electron chi connectivity index (χ3n) is 9.38. The Morgan fingerprint density at radius 1 is 0.533 bits per heavy atom. The molecular weight excluding hydrogens is 360 g/mol. The first kappa shape index (κ1) is 22.4. The zero-order valence-electron chi connectivity index (χ0n) is 20.1. The van der Waals surface area contributed by atoms with Gasteiger partial charge in [0.1, 0.15) is 0 Å². The largest absolute Gasteiger partial charge is 0.0651 e. The van der Waals surface area contributed by atoms with E-state index in [2.05, 4.69) is 38.1 Å². The summed E-state index contributed by atoms with van der Waals surface area (Å²) in [4.78, 5) is 0. The van der Waals surface area contributed by atoms with Crippen LogP contribution in [-0.2, 0) is 12.8 Å². The number of hydrogen-bond donors (Lipinski definition) is 0. The molecule has 168 valence electrons. The van der Waals surface area contributed by atoms with E-state index in [1.807, 2.05) is 0 Å². The third-order valence-corrected chi connectivity index (χ3v) is 9.38. The van der Waals surface area contributed by atoms with Crippen LogP contribution in [0.5, 0.6) is 0 Å². The van der Waals surface area contributed by atoms with Crippen LogP contribution in [0.15, 0.2) is 24.3 Å². The first-order valence-corrected chi connectivity index (χ1v) is 13.8. The van der Waals surface area contributed by atoms with Gasteiger partial charge < -0.3 is 0 Å². The van der Waals surface area contributed by atoms with Crippen LogP contribution in [0.3, 0.4) is 0 Å². The van der Waals surface area contributed by atoms with Crippen molar-refractivity contribution in [3.05, 3.63) is 35.4 Å². The second-order valence-corrected chi connectivity index (χ2v) is 11.8. The second-order valence-electron chi connectivity index (χ2n) is 11.8. The summed E-state index contributed by atoms with van der Waals surface area (Å²) >= 11 is 0. The molecule has 1 aromatic carbocycles. The Balaban J connectivity index is 1.16. The molecule has 0 heterocycles. The average molecular weight is 409 g/mol. The molecule has 0 spiro atoms. The highest BCUT2D eigenvalue weighted by Gasteiger charge is 2.26. The molecule has 3 saturated carbocycles. The van der Waals surface area contributed by atoms with E-state index in [0.717, 1.165) is 35.5 Å². The molecule has 0 unspecified atom stereocenters. The highest BCUT2D eigenvalue weighted by atomic mass is 14.3. The molecule has 0 saturated heterocycles. The van der Waals surface area contributed by atoms with E-state index in [-0.39, 0.29) is 0 Å². The lowest BCUT2D eigenvalue weighted by molar-refractivity contribution is 0.195. The van der Waals surface area contributed by atoms with Crippen LogP contribution in [-0.4, -0.2) is 0 Å². The smallest absolute Gasteiger partial charge is 0.0250 e. The van der Waals surface area contributed by atoms with Crippen LogP contribution in [0.2, 0.25) is 0 Å². The lowest BCUT2D eigenvalue weighted by Crippen LogP contribution is -2.21. The quantitative estimate of drug-likeness (QED) is 0.422. The van der Waals surface area contributed by atoms with Gasteiger partial charge in [0, 0.05) is 0 Å². The van der Waals surface area contributed by atoms with Gasteiger partial charge in [-0.1, -0.05) is 95.9 Å². The molecular formula is C30H48. The molecule has 0 amide bonds. The van der Waals surface area contributed by atoms with Crippen LogP contribution in [0.1, 0.15) is 115 Å². The van der Waals surface area contributed by atoms with E-state index >= 15 is 0 Å². The molecule has 4 rings (SSSR count).